The van der Waals surface area contributed by atoms with Crippen LogP contribution < -0.4 is 16.6 Å². The quantitative estimate of drug-likeness (QED) is 0.586. The van der Waals surface area contributed by atoms with Gasteiger partial charge in [-0.05, 0) is 35.0 Å². The van der Waals surface area contributed by atoms with Crippen molar-refractivity contribution >= 4 is 33.3 Å². The van der Waals surface area contributed by atoms with Gasteiger partial charge in [-0.2, -0.15) is 0 Å². The molecule has 6 heteroatoms. The van der Waals surface area contributed by atoms with Gasteiger partial charge in [0.15, 0.2) is 0 Å². The van der Waals surface area contributed by atoms with Crippen molar-refractivity contribution < 1.29 is 0 Å². The Morgan fingerprint density at radius 3 is 2.40 bits per heavy atom. The number of halogens is 1. The molecule has 0 unspecified atom stereocenters. The predicted octanol–water partition coefficient (Wildman–Crippen LogP) is 3.70. The number of anilines is 3. The number of hydrazine groups is 1. The van der Waals surface area contributed by atoms with E-state index in [1.807, 2.05) is 45.0 Å². The van der Waals surface area contributed by atoms with Crippen LogP contribution >= 0.6 is 15.9 Å². The molecule has 0 saturated carbocycles. The van der Waals surface area contributed by atoms with E-state index in [2.05, 4.69) is 36.6 Å². The Labute approximate surface area is 127 Å². The molecule has 0 aliphatic rings. The van der Waals surface area contributed by atoms with Gasteiger partial charge in [0.25, 0.3) is 0 Å². The van der Waals surface area contributed by atoms with E-state index in [0.717, 1.165) is 27.4 Å². The van der Waals surface area contributed by atoms with Crippen molar-refractivity contribution in [2.24, 2.45) is 5.84 Å². The molecule has 0 aliphatic heterocycles. The minimum absolute atomic E-state index is 0.225. The van der Waals surface area contributed by atoms with Crippen molar-refractivity contribution in [1.29, 1.82) is 0 Å². The summed E-state index contributed by atoms with van der Waals surface area (Å²) >= 11 is 3.52. The maximum Gasteiger partial charge on any atom is 0.148 e. The second-order valence-corrected chi connectivity index (χ2v) is 5.66. The van der Waals surface area contributed by atoms with E-state index >= 15 is 0 Å². The van der Waals surface area contributed by atoms with Gasteiger partial charge in [-0.3, -0.25) is 0 Å². The van der Waals surface area contributed by atoms with Crippen LogP contribution in [0.1, 0.15) is 31.2 Å². The highest BCUT2D eigenvalue weighted by molar-refractivity contribution is 9.10. The van der Waals surface area contributed by atoms with Crippen LogP contribution in [0.15, 0.2) is 28.7 Å². The van der Waals surface area contributed by atoms with Crippen molar-refractivity contribution in [2.45, 2.75) is 26.7 Å². The molecule has 0 aliphatic carbocycles. The molecular weight excluding hydrogens is 318 g/mol. The van der Waals surface area contributed by atoms with Crippen LogP contribution in [0, 0.1) is 6.92 Å². The first-order chi connectivity index (χ1) is 9.52. The van der Waals surface area contributed by atoms with Gasteiger partial charge in [0.05, 0.1) is 5.69 Å². The number of para-hydroxylation sites is 1. The van der Waals surface area contributed by atoms with Crippen LogP contribution in [0.5, 0.6) is 0 Å². The lowest BCUT2D eigenvalue weighted by Crippen LogP contribution is -2.14. The fraction of sp³-hybridized carbons (Fsp3) is 0.286. The molecule has 20 heavy (non-hydrogen) atoms. The SMILES string of the molecule is Cc1c(NN)nc(C(C)C)nc1Nc1ccccc1Br. The summed E-state index contributed by atoms with van der Waals surface area (Å²) in [6.45, 7) is 6.03. The molecule has 0 saturated heterocycles. The summed E-state index contributed by atoms with van der Waals surface area (Å²) in [7, 11) is 0. The third kappa shape index (κ3) is 3.08. The minimum Gasteiger partial charge on any atom is -0.339 e. The molecule has 2 aromatic rings. The van der Waals surface area contributed by atoms with Gasteiger partial charge in [0, 0.05) is 16.0 Å². The zero-order valence-electron chi connectivity index (χ0n) is 11.7. The fourth-order valence-corrected chi connectivity index (χ4v) is 2.13. The van der Waals surface area contributed by atoms with E-state index in [-0.39, 0.29) is 5.92 Å². The molecule has 1 heterocycles. The third-order valence-corrected chi connectivity index (χ3v) is 3.63. The first-order valence-electron chi connectivity index (χ1n) is 6.39. The first kappa shape index (κ1) is 14.7. The van der Waals surface area contributed by atoms with Gasteiger partial charge in [-0.25, -0.2) is 15.8 Å². The van der Waals surface area contributed by atoms with E-state index in [4.69, 9.17) is 5.84 Å². The molecule has 0 amide bonds. The monoisotopic (exact) mass is 335 g/mol. The largest absolute Gasteiger partial charge is 0.339 e. The molecule has 0 spiro atoms. The second-order valence-electron chi connectivity index (χ2n) is 4.81. The highest BCUT2D eigenvalue weighted by atomic mass is 79.9. The molecule has 0 fully saturated rings. The number of hydrogen-bond acceptors (Lipinski definition) is 5. The molecule has 2 rings (SSSR count). The molecule has 1 aromatic carbocycles. The Balaban J connectivity index is 2.45. The van der Waals surface area contributed by atoms with Crippen molar-refractivity contribution in [2.75, 3.05) is 10.7 Å². The van der Waals surface area contributed by atoms with Crippen molar-refractivity contribution in [3.63, 3.8) is 0 Å². The fourth-order valence-electron chi connectivity index (χ4n) is 1.74. The standard InChI is InChI=1S/C14H18BrN5/c1-8(2)12-18-13(9(3)14(19-12)20-16)17-11-7-5-4-6-10(11)15/h4-8H,16H2,1-3H3,(H2,17,18,19,20). The molecule has 4 N–H and O–H groups in total. The number of nitrogen functional groups attached to an aromatic ring is 1. The van der Waals surface area contributed by atoms with Gasteiger partial charge in [0.1, 0.15) is 17.5 Å². The molecule has 0 atom stereocenters. The van der Waals surface area contributed by atoms with Gasteiger partial charge >= 0.3 is 0 Å². The normalized spacial score (nSPS) is 10.7. The third-order valence-electron chi connectivity index (χ3n) is 2.94. The van der Waals surface area contributed by atoms with Crippen molar-refractivity contribution in [3.05, 3.63) is 40.1 Å². The zero-order valence-corrected chi connectivity index (χ0v) is 13.3. The lowest BCUT2D eigenvalue weighted by atomic mass is 10.2. The van der Waals surface area contributed by atoms with Crippen LogP contribution in [-0.2, 0) is 0 Å². The van der Waals surface area contributed by atoms with E-state index in [1.54, 1.807) is 0 Å². The van der Waals surface area contributed by atoms with Gasteiger partial charge in [-0.1, -0.05) is 26.0 Å². The van der Waals surface area contributed by atoms with Crippen molar-refractivity contribution in [1.82, 2.24) is 9.97 Å². The first-order valence-corrected chi connectivity index (χ1v) is 7.19. The van der Waals surface area contributed by atoms with Crippen LogP contribution in [0.2, 0.25) is 0 Å². The van der Waals surface area contributed by atoms with E-state index in [1.165, 1.54) is 0 Å². The summed E-state index contributed by atoms with van der Waals surface area (Å²) in [5, 5.41) is 3.32. The average molecular weight is 336 g/mol. The molecule has 0 bridgehead atoms. The van der Waals surface area contributed by atoms with E-state index < -0.39 is 0 Å². The lowest BCUT2D eigenvalue weighted by molar-refractivity contribution is 0.774. The van der Waals surface area contributed by atoms with E-state index in [0.29, 0.717) is 5.82 Å². The van der Waals surface area contributed by atoms with Crippen LogP contribution in [0.4, 0.5) is 17.3 Å². The Kier molecular flexibility index (Phi) is 4.57. The van der Waals surface area contributed by atoms with Gasteiger partial charge in [-0.15, -0.1) is 0 Å². The molecular formula is C14H18BrN5. The zero-order chi connectivity index (χ0) is 14.7. The number of aromatic nitrogens is 2. The summed E-state index contributed by atoms with van der Waals surface area (Å²) in [6, 6.07) is 7.89. The van der Waals surface area contributed by atoms with Gasteiger partial charge in [0.2, 0.25) is 0 Å². The number of hydrogen-bond donors (Lipinski definition) is 3. The van der Waals surface area contributed by atoms with Crippen LogP contribution in [-0.4, -0.2) is 9.97 Å². The number of nitrogens with one attached hydrogen (secondary N) is 2. The minimum atomic E-state index is 0.225. The van der Waals surface area contributed by atoms with Crippen LogP contribution in [0.25, 0.3) is 0 Å². The smallest absolute Gasteiger partial charge is 0.148 e. The maximum absolute atomic E-state index is 5.53. The maximum atomic E-state index is 5.53. The molecule has 5 nitrogen and oxygen atoms in total. The topological polar surface area (TPSA) is 75.9 Å². The molecule has 106 valence electrons. The Bertz CT molecular complexity index is 613. The molecule has 0 radical (unpaired) electrons. The number of benzene rings is 1. The number of nitrogens with two attached hydrogens (primary N) is 1. The summed E-state index contributed by atoms with van der Waals surface area (Å²) in [4.78, 5) is 8.99. The summed E-state index contributed by atoms with van der Waals surface area (Å²) < 4.78 is 0.978. The Morgan fingerprint density at radius 1 is 1.15 bits per heavy atom. The summed E-state index contributed by atoms with van der Waals surface area (Å²) in [5.41, 5.74) is 4.46. The Hall–Kier alpha value is -1.66. The van der Waals surface area contributed by atoms with Crippen LogP contribution in [0.3, 0.4) is 0 Å². The summed E-state index contributed by atoms with van der Waals surface area (Å²) in [5.74, 6) is 7.90. The average Bonchev–Trinajstić information content (AvgIpc) is 2.43. The predicted molar refractivity (Wildman–Crippen MR) is 86.1 cm³/mol. The van der Waals surface area contributed by atoms with Crippen molar-refractivity contribution in [3.8, 4) is 0 Å². The number of rotatable bonds is 4. The Morgan fingerprint density at radius 2 is 1.80 bits per heavy atom. The lowest BCUT2D eigenvalue weighted by Gasteiger charge is -2.15. The second kappa shape index (κ2) is 6.19. The highest BCUT2D eigenvalue weighted by Gasteiger charge is 2.13. The molecule has 1 aromatic heterocycles. The summed E-state index contributed by atoms with van der Waals surface area (Å²) in [6.07, 6.45) is 0. The van der Waals surface area contributed by atoms with E-state index in [9.17, 15) is 0 Å². The highest BCUT2D eigenvalue weighted by Crippen LogP contribution is 2.29. The van der Waals surface area contributed by atoms with Gasteiger partial charge < -0.3 is 10.7 Å². The number of nitrogens with zero attached hydrogens (tertiary/aromatic N) is 2.